The Kier molecular flexibility index (Phi) is 4.12. The molecule has 0 atom stereocenters. The predicted octanol–water partition coefficient (Wildman–Crippen LogP) is 3.66. The molecule has 5 heteroatoms. The fourth-order valence-corrected chi connectivity index (χ4v) is 3.50. The molecule has 0 spiro atoms. The molecule has 0 bridgehead atoms. The van der Waals surface area contributed by atoms with Gasteiger partial charge >= 0.3 is 0 Å². The molecule has 1 aromatic heterocycles. The summed E-state index contributed by atoms with van der Waals surface area (Å²) >= 11 is 1.77. The number of ketones is 1. The van der Waals surface area contributed by atoms with Crippen LogP contribution in [0.5, 0.6) is 0 Å². The molecule has 0 amide bonds. The summed E-state index contributed by atoms with van der Waals surface area (Å²) in [7, 11) is 0. The number of halogens is 2. The number of thiophene rings is 1. The summed E-state index contributed by atoms with van der Waals surface area (Å²) < 4.78 is 26.7. The van der Waals surface area contributed by atoms with Crippen LogP contribution in [0.25, 0.3) is 0 Å². The van der Waals surface area contributed by atoms with Crippen molar-refractivity contribution in [3.8, 4) is 0 Å². The SMILES string of the molecule is O=C(CCN1CCc2sccc2C1)c1cccc(F)c1F. The second-order valence-corrected chi connectivity index (χ2v) is 6.17. The number of carbonyl (C=O) groups excluding carboxylic acids is 1. The van der Waals surface area contributed by atoms with Gasteiger partial charge in [0.1, 0.15) is 0 Å². The number of Topliss-reactive ketones (excluding diaryl/α,β-unsaturated/α-hetero) is 1. The molecule has 1 aliphatic heterocycles. The Labute approximate surface area is 126 Å². The minimum absolute atomic E-state index is 0.150. The maximum atomic E-state index is 13.6. The Balaban J connectivity index is 1.61. The molecule has 0 saturated carbocycles. The third kappa shape index (κ3) is 3.04. The Morgan fingerprint density at radius 2 is 2.14 bits per heavy atom. The number of hydrogen-bond acceptors (Lipinski definition) is 3. The number of fused-ring (bicyclic) bond motifs is 1. The van der Waals surface area contributed by atoms with Gasteiger partial charge in [0.2, 0.25) is 0 Å². The normalized spacial score (nSPS) is 15.0. The number of nitrogens with zero attached hydrogens (tertiary/aromatic N) is 1. The number of hydrogen-bond donors (Lipinski definition) is 0. The van der Waals surface area contributed by atoms with Crippen LogP contribution in [-0.4, -0.2) is 23.8 Å². The zero-order valence-electron chi connectivity index (χ0n) is 11.4. The average molecular weight is 307 g/mol. The Bertz CT molecular complexity index is 668. The van der Waals surface area contributed by atoms with Gasteiger partial charge in [0.15, 0.2) is 17.4 Å². The van der Waals surface area contributed by atoms with Crippen molar-refractivity contribution < 1.29 is 13.6 Å². The lowest BCUT2D eigenvalue weighted by molar-refractivity contribution is 0.0956. The van der Waals surface area contributed by atoms with Crippen molar-refractivity contribution in [2.24, 2.45) is 0 Å². The van der Waals surface area contributed by atoms with Crippen molar-refractivity contribution in [2.75, 3.05) is 13.1 Å². The van der Waals surface area contributed by atoms with Crippen molar-refractivity contribution in [2.45, 2.75) is 19.4 Å². The van der Waals surface area contributed by atoms with E-state index in [1.54, 1.807) is 11.3 Å². The van der Waals surface area contributed by atoms with Crippen LogP contribution < -0.4 is 0 Å². The summed E-state index contributed by atoms with van der Waals surface area (Å²) in [6.07, 6.45) is 1.20. The Morgan fingerprint density at radius 1 is 1.29 bits per heavy atom. The molecule has 0 saturated heterocycles. The minimum atomic E-state index is -1.04. The topological polar surface area (TPSA) is 20.3 Å². The highest BCUT2D eigenvalue weighted by Gasteiger charge is 2.19. The maximum Gasteiger partial charge on any atom is 0.169 e. The number of rotatable bonds is 4. The molecule has 1 aromatic carbocycles. The fraction of sp³-hybridized carbons (Fsp3) is 0.312. The molecule has 110 valence electrons. The molecule has 0 aliphatic carbocycles. The molecule has 2 heterocycles. The number of carbonyl (C=O) groups is 1. The van der Waals surface area contributed by atoms with Gasteiger partial charge in [-0.15, -0.1) is 11.3 Å². The zero-order valence-corrected chi connectivity index (χ0v) is 12.3. The van der Waals surface area contributed by atoms with E-state index in [-0.39, 0.29) is 17.8 Å². The summed E-state index contributed by atoms with van der Waals surface area (Å²) in [6.45, 7) is 2.31. The van der Waals surface area contributed by atoms with Crippen LogP contribution in [0.2, 0.25) is 0 Å². The Hall–Kier alpha value is -1.59. The van der Waals surface area contributed by atoms with Crippen LogP contribution in [0, 0.1) is 11.6 Å². The molecule has 21 heavy (non-hydrogen) atoms. The molecule has 0 N–H and O–H groups in total. The van der Waals surface area contributed by atoms with Gasteiger partial charge in [-0.2, -0.15) is 0 Å². The van der Waals surface area contributed by atoms with Crippen molar-refractivity contribution in [1.29, 1.82) is 0 Å². The standard InChI is InChI=1S/C16H15F2NOS/c17-13-3-1-2-12(16(13)18)14(20)4-7-19-8-5-15-11(10-19)6-9-21-15/h1-3,6,9H,4-5,7-8,10H2. The van der Waals surface area contributed by atoms with Crippen molar-refractivity contribution in [3.63, 3.8) is 0 Å². The van der Waals surface area contributed by atoms with Crippen LogP contribution in [-0.2, 0) is 13.0 Å². The monoisotopic (exact) mass is 307 g/mol. The van der Waals surface area contributed by atoms with Gasteiger partial charge in [0.25, 0.3) is 0 Å². The molecule has 0 radical (unpaired) electrons. The highest BCUT2D eigenvalue weighted by Crippen LogP contribution is 2.24. The smallest absolute Gasteiger partial charge is 0.169 e. The summed E-state index contributed by atoms with van der Waals surface area (Å²) in [5.41, 5.74) is 1.17. The third-order valence-electron chi connectivity index (χ3n) is 3.79. The number of benzene rings is 1. The lowest BCUT2D eigenvalue weighted by atomic mass is 10.1. The van der Waals surface area contributed by atoms with E-state index in [0.717, 1.165) is 25.6 Å². The average Bonchev–Trinajstić information content (AvgIpc) is 2.95. The molecule has 0 fully saturated rings. The summed E-state index contributed by atoms with van der Waals surface area (Å²) in [4.78, 5) is 15.6. The van der Waals surface area contributed by atoms with Crippen LogP contribution in [0.15, 0.2) is 29.6 Å². The second-order valence-electron chi connectivity index (χ2n) is 5.17. The van der Waals surface area contributed by atoms with Gasteiger partial charge < -0.3 is 0 Å². The minimum Gasteiger partial charge on any atom is -0.298 e. The lowest BCUT2D eigenvalue weighted by Gasteiger charge is -2.26. The van der Waals surface area contributed by atoms with Gasteiger partial charge in [-0.1, -0.05) is 6.07 Å². The lowest BCUT2D eigenvalue weighted by Crippen LogP contribution is -2.31. The highest BCUT2D eigenvalue weighted by atomic mass is 32.1. The predicted molar refractivity (Wildman–Crippen MR) is 78.6 cm³/mol. The first-order valence-electron chi connectivity index (χ1n) is 6.90. The molecule has 2 nitrogen and oxygen atoms in total. The first-order valence-corrected chi connectivity index (χ1v) is 7.78. The van der Waals surface area contributed by atoms with Crippen LogP contribution >= 0.6 is 11.3 Å². The summed E-state index contributed by atoms with van der Waals surface area (Å²) in [6, 6.07) is 5.84. The summed E-state index contributed by atoms with van der Waals surface area (Å²) in [5.74, 6) is -2.36. The Morgan fingerprint density at radius 3 is 3.00 bits per heavy atom. The first-order chi connectivity index (χ1) is 10.1. The van der Waals surface area contributed by atoms with E-state index in [1.807, 2.05) is 0 Å². The first kappa shape index (κ1) is 14.4. The van der Waals surface area contributed by atoms with Crippen molar-refractivity contribution in [3.05, 3.63) is 57.3 Å². The largest absolute Gasteiger partial charge is 0.298 e. The van der Waals surface area contributed by atoms with E-state index in [9.17, 15) is 13.6 Å². The van der Waals surface area contributed by atoms with Gasteiger partial charge in [0.05, 0.1) is 5.56 Å². The van der Waals surface area contributed by atoms with Crippen LogP contribution in [0.4, 0.5) is 8.78 Å². The quantitative estimate of drug-likeness (QED) is 0.804. The van der Waals surface area contributed by atoms with Gasteiger partial charge in [-0.3, -0.25) is 9.69 Å². The van der Waals surface area contributed by atoms with Crippen molar-refractivity contribution >= 4 is 17.1 Å². The fourth-order valence-electron chi connectivity index (χ4n) is 2.61. The maximum absolute atomic E-state index is 13.6. The third-order valence-corrected chi connectivity index (χ3v) is 4.82. The zero-order chi connectivity index (χ0) is 14.8. The summed E-state index contributed by atoms with van der Waals surface area (Å²) in [5, 5.41) is 2.08. The van der Waals surface area contributed by atoms with E-state index >= 15 is 0 Å². The van der Waals surface area contributed by atoms with Crippen LogP contribution in [0.1, 0.15) is 27.2 Å². The van der Waals surface area contributed by atoms with E-state index in [1.165, 1.54) is 22.6 Å². The molecule has 1 aliphatic rings. The van der Waals surface area contributed by atoms with E-state index in [4.69, 9.17) is 0 Å². The van der Waals surface area contributed by atoms with E-state index in [2.05, 4.69) is 16.3 Å². The van der Waals surface area contributed by atoms with Gasteiger partial charge in [-0.25, -0.2) is 8.78 Å². The molecular formula is C16H15F2NOS. The van der Waals surface area contributed by atoms with Crippen molar-refractivity contribution in [1.82, 2.24) is 4.90 Å². The highest BCUT2D eigenvalue weighted by molar-refractivity contribution is 7.10. The second kappa shape index (κ2) is 6.03. The van der Waals surface area contributed by atoms with E-state index < -0.39 is 11.6 Å². The van der Waals surface area contributed by atoms with E-state index in [0.29, 0.717) is 6.54 Å². The molecule has 2 aromatic rings. The van der Waals surface area contributed by atoms with Gasteiger partial charge in [-0.05, 0) is 35.6 Å². The van der Waals surface area contributed by atoms with Gasteiger partial charge in [0, 0.05) is 30.9 Å². The molecule has 0 unspecified atom stereocenters. The molecule has 3 rings (SSSR count). The molecular weight excluding hydrogens is 292 g/mol. The van der Waals surface area contributed by atoms with Crippen LogP contribution in [0.3, 0.4) is 0 Å².